The number of likely N-dealkylation sites (tertiary alicyclic amines) is 1. The van der Waals surface area contributed by atoms with Crippen molar-refractivity contribution in [1.29, 1.82) is 0 Å². The maximum atomic E-state index is 12.9. The minimum atomic E-state index is -3.64. The molecule has 0 radical (unpaired) electrons. The molecule has 2 aliphatic rings. The number of nitrogens with zero attached hydrogens (tertiary/aromatic N) is 2. The lowest BCUT2D eigenvalue weighted by Gasteiger charge is -2.26. The van der Waals surface area contributed by atoms with Gasteiger partial charge in [-0.1, -0.05) is 12.5 Å². The van der Waals surface area contributed by atoms with Crippen LogP contribution in [0.15, 0.2) is 23.1 Å². The van der Waals surface area contributed by atoms with Crippen LogP contribution in [0.1, 0.15) is 54.9 Å². The van der Waals surface area contributed by atoms with E-state index in [1.54, 1.807) is 24.8 Å². The second kappa shape index (κ2) is 8.61. The molecule has 0 spiro atoms. The topological polar surface area (TPSA) is 84.0 Å². The van der Waals surface area contributed by atoms with Gasteiger partial charge >= 0.3 is 5.97 Å². The van der Waals surface area contributed by atoms with Gasteiger partial charge in [-0.25, -0.2) is 13.2 Å². The Morgan fingerprint density at radius 1 is 1.00 bits per heavy atom. The van der Waals surface area contributed by atoms with Gasteiger partial charge in [-0.2, -0.15) is 4.31 Å². The van der Waals surface area contributed by atoms with E-state index in [-0.39, 0.29) is 16.4 Å². The molecule has 2 heterocycles. The molecule has 3 rings (SSSR count). The highest BCUT2D eigenvalue weighted by Gasteiger charge is 2.29. The van der Waals surface area contributed by atoms with Crippen molar-refractivity contribution in [3.8, 4) is 0 Å². The van der Waals surface area contributed by atoms with Crippen LogP contribution in [-0.4, -0.2) is 61.8 Å². The number of esters is 1. The molecule has 1 aromatic rings. The summed E-state index contributed by atoms with van der Waals surface area (Å²) in [6.07, 6.45) is 3.74. The Morgan fingerprint density at radius 2 is 1.61 bits per heavy atom. The molecule has 28 heavy (non-hydrogen) atoms. The van der Waals surface area contributed by atoms with Crippen LogP contribution in [0, 0.1) is 6.92 Å². The molecule has 154 valence electrons. The van der Waals surface area contributed by atoms with Gasteiger partial charge in [-0.15, -0.1) is 0 Å². The third kappa shape index (κ3) is 4.38. The minimum absolute atomic E-state index is 0.0884. The summed E-state index contributed by atoms with van der Waals surface area (Å²) in [5.41, 5.74) is 0.794. The Labute approximate surface area is 166 Å². The van der Waals surface area contributed by atoms with Crippen LogP contribution in [0.5, 0.6) is 0 Å². The number of rotatable bonds is 5. The molecule has 0 saturated carbocycles. The number of ether oxygens (including phenoxy) is 1. The van der Waals surface area contributed by atoms with E-state index in [4.69, 9.17) is 4.74 Å². The maximum Gasteiger partial charge on any atom is 0.339 e. The summed E-state index contributed by atoms with van der Waals surface area (Å²) in [4.78, 5) is 26.8. The third-order valence-electron chi connectivity index (χ3n) is 5.43. The van der Waals surface area contributed by atoms with Crippen LogP contribution in [0.3, 0.4) is 0 Å². The van der Waals surface area contributed by atoms with Crippen molar-refractivity contribution in [3.05, 3.63) is 29.3 Å². The molecule has 1 atom stereocenters. The monoisotopic (exact) mass is 408 g/mol. The van der Waals surface area contributed by atoms with Gasteiger partial charge in [0.15, 0.2) is 6.10 Å². The highest BCUT2D eigenvalue weighted by Crippen LogP contribution is 2.23. The van der Waals surface area contributed by atoms with Crippen LogP contribution < -0.4 is 0 Å². The Hall–Kier alpha value is -1.93. The fourth-order valence-electron chi connectivity index (χ4n) is 3.70. The van der Waals surface area contributed by atoms with Gasteiger partial charge in [0.2, 0.25) is 10.0 Å². The maximum absolute atomic E-state index is 12.9. The van der Waals surface area contributed by atoms with E-state index in [1.807, 2.05) is 0 Å². The molecular formula is C20H28N2O5S. The number of aryl methyl sites for hydroxylation is 1. The second-order valence-electron chi connectivity index (χ2n) is 7.52. The lowest BCUT2D eigenvalue weighted by Crippen LogP contribution is -2.38. The van der Waals surface area contributed by atoms with Crippen LogP contribution >= 0.6 is 0 Å². The highest BCUT2D eigenvalue weighted by atomic mass is 32.2. The van der Waals surface area contributed by atoms with E-state index in [0.29, 0.717) is 31.7 Å². The molecule has 1 unspecified atom stereocenters. The first-order valence-electron chi connectivity index (χ1n) is 9.91. The Kier molecular flexibility index (Phi) is 6.40. The minimum Gasteiger partial charge on any atom is -0.449 e. The molecule has 0 N–H and O–H groups in total. The van der Waals surface area contributed by atoms with E-state index in [1.165, 1.54) is 16.4 Å². The van der Waals surface area contributed by atoms with Gasteiger partial charge in [-0.3, -0.25) is 4.79 Å². The van der Waals surface area contributed by atoms with Gasteiger partial charge < -0.3 is 9.64 Å². The number of hydrogen-bond acceptors (Lipinski definition) is 5. The number of sulfonamides is 1. The predicted octanol–water partition coefficient (Wildman–Crippen LogP) is 2.34. The molecule has 2 aliphatic heterocycles. The van der Waals surface area contributed by atoms with E-state index < -0.39 is 22.1 Å². The molecule has 2 saturated heterocycles. The summed E-state index contributed by atoms with van der Waals surface area (Å²) < 4.78 is 32.6. The molecule has 0 aromatic heterocycles. The molecule has 1 aromatic carbocycles. The SMILES string of the molecule is Cc1ccc(S(=O)(=O)N2CCCCC2)cc1C(=O)OC(C)C(=O)N1CCCC1. The molecule has 8 heteroatoms. The number of amides is 1. The molecule has 0 aliphatic carbocycles. The first kappa shape index (κ1) is 20.8. The van der Waals surface area contributed by atoms with E-state index in [9.17, 15) is 18.0 Å². The normalized spacial score (nSPS) is 19.4. The quantitative estimate of drug-likeness (QED) is 0.698. The number of hydrogen-bond donors (Lipinski definition) is 0. The third-order valence-corrected chi connectivity index (χ3v) is 7.33. The second-order valence-corrected chi connectivity index (χ2v) is 9.46. The van der Waals surface area contributed by atoms with Gasteiger partial charge in [0.25, 0.3) is 5.91 Å². The van der Waals surface area contributed by atoms with Crippen molar-refractivity contribution in [2.45, 2.75) is 57.0 Å². The van der Waals surface area contributed by atoms with Crippen molar-refractivity contribution in [2.75, 3.05) is 26.2 Å². The van der Waals surface area contributed by atoms with Gasteiger partial charge in [0.05, 0.1) is 10.5 Å². The largest absolute Gasteiger partial charge is 0.449 e. The van der Waals surface area contributed by atoms with Gasteiger partial charge in [0, 0.05) is 26.2 Å². The highest BCUT2D eigenvalue weighted by molar-refractivity contribution is 7.89. The number of piperidine rings is 1. The number of carbonyl (C=O) groups excluding carboxylic acids is 2. The summed E-state index contributed by atoms with van der Waals surface area (Å²) in [5.74, 6) is -0.881. The summed E-state index contributed by atoms with van der Waals surface area (Å²) in [6, 6.07) is 4.50. The zero-order valence-electron chi connectivity index (χ0n) is 16.5. The molecular weight excluding hydrogens is 380 g/mol. The van der Waals surface area contributed by atoms with Crippen LogP contribution in [0.2, 0.25) is 0 Å². The lowest BCUT2D eigenvalue weighted by molar-refractivity contribution is -0.138. The molecule has 1 amide bonds. The van der Waals surface area contributed by atoms with Crippen molar-refractivity contribution >= 4 is 21.9 Å². The van der Waals surface area contributed by atoms with E-state index in [2.05, 4.69) is 0 Å². The van der Waals surface area contributed by atoms with Crippen molar-refractivity contribution < 1.29 is 22.7 Å². The fraction of sp³-hybridized carbons (Fsp3) is 0.600. The molecule has 7 nitrogen and oxygen atoms in total. The number of carbonyl (C=O) groups is 2. The van der Waals surface area contributed by atoms with Crippen molar-refractivity contribution in [1.82, 2.24) is 9.21 Å². The van der Waals surface area contributed by atoms with Gasteiger partial charge in [-0.05, 0) is 57.2 Å². The van der Waals surface area contributed by atoms with Crippen LogP contribution in [0.4, 0.5) is 0 Å². The van der Waals surface area contributed by atoms with Gasteiger partial charge in [0.1, 0.15) is 0 Å². The molecule has 2 fully saturated rings. The zero-order chi connectivity index (χ0) is 20.3. The summed E-state index contributed by atoms with van der Waals surface area (Å²) in [5, 5.41) is 0. The van der Waals surface area contributed by atoms with Crippen LogP contribution in [0.25, 0.3) is 0 Å². The Balaban J connectivity index is 1.77. The summed E-state index contributed by atoms with van der Waals surface area (Å²) in [6.45, 7) is 5.64. The van der Waals surface area contributed by atoms with E-state index in [0.717, 1.165) is 32.1 Å². The summed E-state index contributed by atoms with van der Waals surface area (Å²) in [7, 11) is -3.64. The van der Waals surface area contributed by atoms with Crippen molar-refractivity contribution in [2.24, 2.45) is 0 Å². The number of benzene rings is 1. The Bertz CT molecular complexity index is 840. The average molecular weight is 409 g/mol. The fourth-order valence-corrected chi connectivity index (χ4v) is 5.25. The van der Waals surface area contributed by atoms with Crippen molar-refractivity contribution in [3.63, 3.8) is 0 Å². The Morgan fingerprint density at radius 3 is 2.25 bits per heavy atom. The van der Waals surface area contributed by atoms with E-state index >= 15 is 0 Å². The standard InChI is InChI=1S/C20H28N2O5S/c1-15-8-9-17(28(25,26)22-12-4-3-5-13-22)14-18(15)20(24)27-16(2)19(23)21-10-6-7-11-21/h8-9,14,16H,3-7,10-13H2,1-2H3. The summed E-state index contributed by atoms with van der Waals surface area (Å²) >= 11 is 0. The zero-order valence-corrected chi connectivity index (χ0v) is 17.3. The lowest BCUT2D eigenvalue weighted by atomic mass is 10.1. The first-order valence-corrected chi connectivity index (χ1v) is 11.4. The average Bonchev–Trinajstić information content (AvgIpc) is 3.22. The van der Waals surface area contributed by atoms with Crippen LogP contribution in [-0.2, 0) is 19.6 Å². The first-order chi connectivity index (χ1) is 13.3. The smallest absolute Gasteiger partial charge is 0.339 e. The predicted molar refractivity (Wildman–Crippen MR) is 104 cm³/mol. The molecule has 0 bridgehead atoms.